The third kappa shape index (κ3) is 6.59. The fraction of sp³-hybridized carbons (Fsp3) is 0. The molecular weight excluding hydrogens is 683 g/mol. The van der Waals surface area contributed by atoms with E-state index in [4.69, 9.17) is 24.9 Å². The summed E-state index contributed by atoms with van der Waals surface area (Å²) in [6, 6.07) is 68.8. The van der Waals surface area contributed by atoms with Gasteiger partial charge in [-0.3, -0.25) is 0 Å². The van der Waals surface area contributed by atoms with Crippen molar-refractivity contribution in [3.8, 4) is 78.9 Å². The van der Waals surface area contributed by atoms with Crippen LogP contribution in [0.4, 0.5) is 0 Å². The van der Waals surface area contributed by atoms with Crippen molar-refractivity contribution in [2.45, 2.75) is 0 Å². The average Bonchev–Trinajstić information content (AvgIpc) is 3.29. The summed E-state index contributed by atoms with van der Waals surface area (Å²) in [5.41, 5.74) is 12.5. The molecule has 262 valence electrons. The Labute approximate surface area is 324 Å². The Bertz CT molecular complexity index is 2830. The van der Waals surface area contributed by atoms with Gasteiger partial charge < -0.3 is 0 Å². The minimum Gasteiger partial charge on any atom is -0.248 e. The van der Waals surface area contributed by atoms with Crippen molar-refractivity contribution in [3.63, 3.8) is 0 Å². The molecule has 10 aromatic rings. The lowest BCUT2D eigenvalue weighted by atomic mass is 9.99. The Morgan fingerprint density at radius 3 is 1.05 bits per heavy atom. The van der Waals surface area contributed by atoms with E-state index >= 15 is 0 Å². The van der Waals surface area contributed by atoms with Crippen LogP contribution < -0.4 is 0 Å². The van der Waals surface area contributed by atoms with E-state index in [1.807, 2.05) is 48.5 Å². The van der Waals surface area contributed by atoms with E-state index in [1.54, 1.807) is 0 Å². The molecule has 56 heavy (non-hydrogen) atoms. The summed E-state index contributed by atoms with van der Waals surface area (Å²) in [5.74, 6) is 1.74. The lowest BCUT2D eigenvalue weighted by molar-refractivity contribution is 1.07. The van der Waals surface area contributed by atoms with Crippen molar-refractivity contribution in [2.75, 3.05) is 0 Å². The second-order valence-electron chi connectivity index (χ2n) is 13.8. The molecule has 7 aromatic carbocycles. The monoisotopic (exact) mass is 715 g/mol. The van der Waals surface area contributed by atoms with Gasteiger partial charge in [0.05, 0.1) is 22.4 Å². The molecule has 0 amide bonds. The highest BCUT2D eigenvalue weighted by molar-refractivity contribution is 5.86. The third-order valence-electron chi connectivity index (χ3n) is 10.1. The zero-order chi connectivity index (χ0) is 37.3. The number of hydrogen-bond acceptors (Lipinski definition) is 5. The molecule has 0 fully saturated rings. The van der Waals surface area contributed by atoms with E-state index in [2.05, 4.69) is 152 Å². The number of rotatable bonds is 7. The third-order valence-corrected chi connectivity index (χ3v) is 10.1. The van der Waals surface area contributed by atoms with Crippen LogP contribution in [0.1, 0.15) is 0 Å². The molecule has 5 nitrogen and oxygen atoms in total. The topological polar surface area (TPSA) is 64.5 Å². The van der Waals surface area contributed by atoms with E-state index in [-0.39, 0.29) is 0 Å². The molecule has 0 saturated heterocycles. The van der Waals surface area contributed by atoms with Gasteiger partial charge >= 0.3 is 0 Å². The number of benzene rings is 7. The van der Waals surface area contributed by atoms with E-state index < -0.39 is 0 Å². The number of nitrogens with zero attached hydrogens (tertiary/aromatic N) is 5. The molecular formula is C51H33N5. The molecule has 0 aliphatic heterocycles. The van der Waals surface area contributed by atoms with Crippen molar-refractivity contribution in [1.29, 1.82) is 0 Å². The van der Waals surface area contributed by atoms with Gasteiger partial charge in [0.1, 0.15) is 0 Å². The Balaban J connectivity index is 1.19. The molecule has 5 heteroatoms. The van der Waals surface area contributed by atoms with Crippen LogP contribution in [0.3, 0.4) is 0 Å². The molecule has 0 N–H and O–H groups in total. The minimum absolute atomic E-state index is 0.560. The summed E-state index contributed by atoms with van der Waals surface area (Å²) in [4.78, 5) is 25.8. The van der Waals surface area contributed by atoms with Crippen molar-refractivity contribution >= 4 is 21.8 Å². The van der Waals surface area contributed by atoms with Gasteiger partial charge in [-0.1, -0.05) is 146 Å². The molecule has 3 aromatic heterocycles. The number of para-hydroxylation sites is 2. The van der Waals surface area contributed by atoms with Gasteiger partial charge in [-0.15, -0.1) is 0 Å². The lowest BCUT2D eigenvalue weighted by Crippen LogP contribution is -2.01. The van der Waals surface area contributed by atoms with Gasteiger partial charge in [-0.2, -0.15) is 0 Å². The molecule has 0 bridgehead atoms. The number of pyridine rings is 2. The van der Waals surface area contributed by atoms with E-state index in [0.717, 1.165) is 83.3 Å². The van der Waals surface area contributed by atoms with E-state index in [1.165, 1.54) is 0 Å². The summed E-state index contributed by atoms with van der Waals surface area (Å²) in [6.45, 7) is 0. The van der Waals surface area contributed by atoms with Crippen LogP contribution >= 0.6 is 0 Å². The Morgan fingerprint density at radius 1 is 0.214 bits per heavy atom. The first kappa shape index (κ1) is 33.0. The summed E-state index contributed by atoms with van der Waals surface area (Å²) < 4.78 is 0. The largest absolute Gasteiger partial charge is 0.248 e. The summed E-state index contributed by atoms with van der Waals surface area (Å²) in [6.07, 6.45) is 0. The quantitative estimate of drug-likeness (QED) is 0.164. The van der Waals surface area contributed by atoms with Crippen LogP contribution in [-0.4, -0.2) is 24.9 Å². The maximum absolute atomic E-state index is 5.22. The van der Waals surface area contributed by atoms with E-state index in [0.29, 0.717) is 17.5 Å². The van der Waals surface area contributed by atoms with Crippen LogP contribution in [0.2, 0.25) is 0 Å². The van der Waals surface area contributed by atoms with Gasteiger partial charge in [-0.25, -0.2) is 24.9 Å². The molecule has 0 aliphatic carbocycles. The number of aromatic nitrogens is 5. The first-order valence-corrected chi connectivity index (χ1v) is 18.7. The Hall–Kier alpha value is -7.63. The van der Waals surface area contributed by atoms with Crippen LogP contribution in [0.15, 0.2) is 200 Å². The van der Waals surface area contributed by atoms with Gasteiger partial charge in [0.25, 0.3) is 0 Å². The SMILES string of the molecule is c1ccc(-c2cccc(-c3nc(-c4cccc(-c5ccccc5)c4)nc(-c4cc(-c5ccc6ccccc6n5)cc(-c5ccc6ccccc6n5)c4)n3)c2)cc1. The standard InChI is InChI=1S/C51H33N5/c1-3-13-34(14-4-1)38-19-11-21-40(29-38)49-54-50(41-22-12-20-39(30-41)35-15-5-2-6-16-35)56-51(55-49)44-32-42(47-27-25-36-17-7-9-23-45(36)52-47)31-43(33-44)48-28-26-37-18-8-10-24-46(37)53-48/h1-33H. The fourth-order valence-electron chi connectivity index (χ4n) is 7.21. The Morgan fingerprint density at radius 2 is 0.571 bits per heavy atom. The predicted molar refractivity (Wildman–Crippen MR) is 228 cm³/mol. The van der Waals surface area contributed by atoms with Gasteiger partial charge in [0.15, 0.2) is 17.5 Å². The summed E-state index contributed by atoms with van der Waals surface area (Å²) in [5, 5.41) is 2.18. The molecule has 10 rings (SSSR count). The molecule has 3 heterocycles. The molecule has 0 atom stereocenters. The maximum Gasteiger partial charge on any atom is 0.164 e. The second kappa shape index (κ2) is 14.3. The van der Waals surface area contributed by atoms with Crippen molar-refractivity contribution in [3.05, 3.63) is 200 Å². The Kier molecular flexibility index (Phi) is 8.43. The van der Waals surface area contributed by atoms with Crippen LogP contribution in [0.5, 0.6) is 0 Å². The van der Waals surface area contributed by atoms with Crippen LogP contribution in [0, 0.1) is 0 Å². The molecule has 0 spiro atoms. The maximum atomic E-state index is 5.22. The summed E-state index contributed by atoms with van der Waals surface area (Å²) in [7, 11) is 0. The minimum atomic E-state index is 0.560. The van der Waals surface area contributed by atoms with E-state index in [9.17, 15) is 0 Å². The lowest BCUT2D eigenvalue weighted by Gasteiger charge is -2.13. The molecule has 0 aliphatic rings. The second-order valence-corrected chi connectivity index (χ2v) is 13.8. The highest BCUT2D eigenvalue weighted by Gasteiger charge is 2.17. The highest BCUT2D eigenvalue weighted by Crippen LogP contribution is 2.35. The molecule has 0 saturated carbocycles. The van der Waals surface area contributed by atoms with Crippen LogP contribution in [0.25, 0.3) is 101 Å². The first-order chi connectivity index (χ1) is 27.7. The summed E-state index contributed by atoms with van der Waals surface area (Å²) >= 11 is 0. The van der Waals surface area contributed by atoms with Crippen molar-refractivity contribution in [2.24, 2.45) is 0 Å². The smallest absolute Gasteiger partial charge is 0.164 e. The van der Waals surface area contributed by atoms with Crippen molar-refractivity contribution in [1.82, 2.24) is 24.9 Å². The van der Waals surface area contributed by atoms with Gasteiger partial charge in [-0.05, 0) is 76.9 Å². The molecule has 0 radical (unpaired) electrons. The number of hydrogen-bond donors (Lipinski definition) is 0. The highest BCUT2D eigenvalue weighted by atomic mass is 15.0. The van der Waals surface area contributed by atoms with Crippen LogP contribution in [-0.2, 0) is 0 Å². The van der Waals surface area contributed by atoms with Gasteiger partial charge in [0, 0.05) is 38.6 Å². The zero-order valence-electron chi connectivity index (χ0n) is 30.3. The van der Waals surface area contributed by atoms with Gasteiger partial charge in [0.2, 0.25) is 0 Å². The molecule has 0 unspecified atom stereocenters. The predicted octanol–water partition coefficient (Wildman–Crippen LogP) is 12.6. The zero-order valence-corrected chi connectivity index (χ0v) is 30.3. The first-order valence-electron chi connectivity index (χ1n) is 18.7. The fourth-order valence-corrected chi connectivity index (χ4v) is 7.21. The normalized spacial score (nSPS) is 11.2. The van der Waals surface area contributed by atoms with Crippen molar-refractivity contribution < 1.29 is 0 Å². The number of fused-ring (bicyclic) bond motifs is 2. The average molecular weight is 716 g/mol.